The number of nitrogens with zero attached hydrogens (tertiary/aromatic N) is 1. The van der Waals surface area contributed by atoms with E-state index >= 15 is 0 Å². The van der Waals surface area contributed by atoms with Gasteiger partial charge in [-0.3, -0.25) is 19.3 Å². The second-order valence-corrected chi connectivity index (χ2v) is 8.29. The second kappa shape index (κ2) is 11.0. The molecule has 9 heteroatoms. The fourth-order valence-corrected chi connectivity index (χ4v) is 3.95. The van der Waals surface area contributed by atoms with Gasteiger partial charge >= 0.3 is 0 Å². The van der Waals surface area contributed by atoms with Gasteiger partial charge in [-0.1, -0.05) is 48.0 Å². The minimum absolute atomic E-state index is 0.0240. The normalized spacial score (nSPS) is 13.1. The summed E-state index contributed by atoms with van der Waals surface area (Å²) in [5.41, 5.74) is 2.21. The summed E-state index contributed by atoms with van der Waals surface area (Å²) in [6.45, 7) is 0.204. The molecule has 184 valence electrons. The molecule has 1 aliphatic heterocycles. The molecule has 0 aliphatic carbocycles. The number of halogens is 1. The fraction of sp³-hybridized carbons (Fsp3) is 0.148. The Morgan fingerprint density at radius 3 is 2.42 bits per heavy atom. The number of carbonyl (C=O) groups is 3. The van der Waals surface area contributed by atoms with Crippen LogP contribution < -0.4 is 20.1 Å². The van der Waals surface area contributed by atoms with Gasteiger partial charge in [0.2, 0.25) is 0 Å². The number of imide groups is 1. The average Bonchev–Trinajstić information content (AvgIpc) is 3.11. The number of methoxy groups -OCH3 is 2. The predicted octanol–water partition coefficient (Wildman–Crippen LogP) is 4.43. The molecule has 4 rings (SSSR count). The van der Waals surface area contributed by atoms with Crippen LogP contribution in [0.25, 0.3) is 0 Å². The van der Waals surface area contributed by atoms with Crippen LogP contribution in [0.15, 0.2) is 83.5 Å². The number of nitrogens with one attached hydrogen (secondary N) is 2. The zero-order chi connectivity index (χ0) is 25.7. The summed E-state index contributed by atoms with van der Waals surface area (Å²) in [5, 5.41) is 5.52. The van der Waals surface area contributed by atoms with Crippen LogP contribution in [0.3, 0.4) is 0 Å². The van der Waals surface area contributed by atoms with E-state index in [1.165, 1.54) is 7.11 Å². The zero-order valence-electron chi connectivity index (χ0n) is 19.7. The number of hydrogen-bond donors (Lipinski definition) is 2. The van der Waals surface area contributed by atoms with Crippen LogP contribution in [0.4, 0.5) is 11.4 Å². The van der Waals surface area contributed by atoms with Crippen molar-refractivity contribution in [2.45, 2.75) is 6.42 Å². The molecule has 0 atom stereocenters. The smallest absolute Gasteiger partial charge is 0.278 e. The number of carbonyl (C=O) groups excluding carboxylic acids is 3. The van der Waals surface area contributed by atoms with E-state index in [4.69, 9.17) is 21.1 Å². The maximum Gasteiger partial charge on any atom is 0.278 e. The fourth-order valence-electron chi connectivity index (χ4n) is 3.72. The van der Waals surface area contributed by atoms with E-state index < -0.39 is 11.8 Å². The van der Waals surface area contributed by atoms with E-state index in [1.54, 1.807) is 49.6 Å². The Morgan fingerprint density at radius 2 is 1.69 bits per heavy atom. The number of hydrogen-bond acceptors (Lipinski definition) is 6. The van der Waals surface area contributed by atoms with Crippen molar-refractivity contribution in [3.8, 4) is 11.5 Å². The molecule has 3 amide bonds. The Bertz CT molecular complexity index is 1340. The Morgan fingerprint density at radius 1 is 0.917 bits per heavy atom. The van der Waals surface area contributed by atoms with Crippen LogP contribution in [0.2, 0.25) is 0 Å². The molecule has 1 heterocycles. The maximum absolute atomic E-state index is 12.9. The lowest BCUT2D eigenvalue weighted by atomic mass is 10.1. The first kappa shape index (κ1) is 24.8. The van der Waals surface area contributed by atoms with Gasteiger partial charge in [-0.2, -0.15) is 0 Å². The van der Waals surface area contributed by atoms with Gasteiger partial charge in [0.05, 0.1) is 19.9 Å². The molecule has 0 aromatic heterocycles. The zero-order valence-corrected chi connectivity index (χ0v) is 20.5. The molecule has 0 saturated heterocycles. The van der Waals surface area contributed by atoms with E-state index in [2.05, 4.69) is 10.6 Å². The first-order valence-electron chi connectivity index (χ1n) is 11.1. The molecule has 0 unspecified atom stereocenters. The molecular formula is C27H24ClN3O5. The summed E-state index contributed by atoms with van der Waals surface area (Å²) in [4.78, 5) is 39.5. The number of ether oxygens (including phenoxy) is 2. The molecule has 0 fully saturated rings. The van der Waals surface area contributed by atoms with Crippen LogP contribution in [-0.2, 0) is 16.0 Å². The largest absolute Gasteiger partial charge is 0.497 e. The Kier molecular flexibility index (Phi) is 7.56. The SMILES string of the molecule is COc1ccc(NC(=O)c2cccc(NC3=C(Cl)C(=O)N(CCc4ccccc4)C3=O)c2)c(OC)c1. The highest BCUT2D eigenvalue weighted by Gasteiger charge is 2.37. The molecule has 3 aromatic carbocycles. The van der Waals surface area contributed by atoms with Gasteiger partial charge in [0.1, 0.15) is 22.2 Å². The van der Waals surface area contributed by atoms with Crippen molar-refractivity contribution in [3.05, 3.63) is 94.7 Å². The minimum atomic E-state index is -0.555. The summed E-state index contributed by atoms with van der Waals surface area (Å²) >= 11 is 6.22. The Labute approximate surface area is 213 Å². The first-order chi connectivity index (χ1) is 17.4. The topological polar surface area (TPSA) is 97.0 Å². The first-order valence-corrected chi connectivity index (χ1v) is 11.5. The Hall–Kier alpha value is -4.30. The molecule has 0 bridgehead atoms. The van der Waals surface area contributed by atoms with E-state index in [9.17, 15) is 14.4 Å². The van der Waals surface area contributed by atoms with Crippen molar-refractivity contribution in [1.29, 1.82) is 0 Å². The van der Waals surface area contributed by atoms with Crippen LogP contribution in [0.1, 0.15) is 15.9 Å². The van der Waals surface area contributed by atoms with Gasteiger partial charge in [-0.05, 0) is 42.3 Å². The molecule has 0 spiro atoms. The number of amides is 3. The minimum Gasteiger partial charge on any atom is -0.497 e. The molecule has 36 heavy (non-hydrogen) atoms. The monoisotopic (exact) mass is 505 g/mol. The van der Waals surface area contributed by atoms with Crippen molar-refractivity contribution in [2.75, 3.05) is 31.4 Å². The van der Waals surface area contributed by atoms with E-state index in [-0.39, 0.29) is 23.2 Å². The molecule has 0 saturated carbocycles. The van der Waals surface area contributed by atoms with Crippen LogP contribution in [0, 0.1) is 0 Å². The van der Waals surface area contributed by atoms with Gasteiger partial charge in [0.25, 0.3) is 17.7 Å². The highest BCUT2D eigenvalue weighted by atomic mass is 35.5. The lowest BCUT2D eigenvalue weighted by Gasteiger charge is -2.15. The summed E-state index contributed by atoms with van der Waals surface area (Å²) in [6.07, 6.45) is 0.514. The van der Waals surface area contributed by atoms with E-state index in [1.807, 2.05) is 30.3 Å². The van der Waals surface area contributed by atoms with E-state index in [0.29, 0.717) is 34.9 Å². The van der Waals surface area contributed by atoms with Crippen LogP contribution in [-0.4, -0.2) is 43.4 Å². The van der Waals surface area contributed by atoms with E-state index in [0.717, 1.165) is 10.5 Å². The predicted molar refractivity (Wildman–Crippen MR) is 137 cm³/mol. The van der Waals surface area contributed by atoms with Gasteiger partial charge in [0, 0.05) is 23.9 Å². The summed E-state index contributed by atoms with van der Waals surface area (Å²) in [5.74, 6) is -0.422. The summed E-state index contributed by atoms with van der Waals surface area (Å²) < 4.78 is 10.5. The highest BCUT2D eigenvalue weighted by molar-refractivity contribution is 6.48. The third kappa shape index (κ3) is 5.34. The average molecular weight is 506 g/mol. The molecule has 2 N–H and O–H groups in total. The molecule has 0 radical (unpaired) electrons. The number of anilines is 2. The van der Waals surface area contributed by atoms with Crippen molar-refractivity contribution < 1.29 is 23.9 Å². The lowest BCUT2D eigenvalue weighted by Crippen LogP contribution is -2.34. The summed E-state index contributed by atoms with van der Waals surface area (Å²) in [6, 6.07) is 21.1. The quantitative estimate of drug-likeness (QED) is 0.418. The van der Waals surface area contributed by atoms with Crippen LogP contribution in [0.5, 0.6) is 11.5 Å². The molecule has 8 nitrogen and oxygen atoms in total. The van der Waals surface area contributed by atoms with Gasteiger partial charge in [-0.15, -0.1) is 0 Å². The van der Waals surface area contributed by atoms with Crippen molar-refractivity contribution >= 4 is 40.7 Å². The van der Waals surface area contributed by atoms with Crippen LogP contribution >= 0.6 is 11.6 Å². The summed E-state index contributed by atoms with van der Waals surface area (Å²) in [7, 11) is 3.04. The molecule has 1 aliphatic rings. The third-order valence-corrected chi connectivity index (χ3v) is 5.98. The maximum atomic E-state index is 12.9. The standard InChI is InChI=1S/C27H24ClN3O5/c1-35-20-11-12-21(22(16-20)36-2)30-25(32)18-9-6-10-19(15-18)29-24-23(28)26(33)31(27(24)34)14-13-17-7-4-3-5-8-17/h3-12,15-16,29H,13-14H2,1-2H3,(H,30,32). The third-order valence-electron chi connectivity index (χ3n) is 5.63. The number of benzene rings is 3. The van der Waals surface area contributed by atoms with Gasteiger partial charge in [-0.25, -0.2) is 0 Å². The molecular weight excluding hydrogens is 482 g/mol. The Balaban J connectivity index is 1.46. The number of rotatable bonds is 9. The highest BCUT2D eigenvalue weighted by Crippen LogP contribution is 2.30. The van der Waals surface area contributed by atoms with Gasteiger partial charge < -0.3 is 20.1 Å². The van der Waals surface area contributed by atoms with Crippen molar-refractivity contribution in [3.63, 3.8) is 0 Å². The molecule has 3 aromatic rings. The van der Waals surface area contributed by atoms with Crippen molar-refractivity contribution in [2.24, 2.45) is 0 Å². The second-order valence-electron chi connectivity index (χ2n) is 7.91. The lowest BCUT2D eigenvalue weighted by molar-refractivity contribution is -0.137. The van der Waals surface area contributed by atoms with Crippen molar-refractivity contribution in [1.82, 2.24) is 4.90 Å². The van der Waals surface area contributed by atoms with Gasteiger partial charge in [0.15, 0.2) is 0 Å².